The van der Waals surface area contributed by atoms with Crippen LogP contribution in [0.1, 0.15) is 43.9 Å². The van der Waals surface area contributed by atoms with Crippen LogP contribution in [0.25, 0.3) is 0 Å². The summed E-state index contributed by atoms with van der Waals surface area (Å²) in [6, 6.07) is 9.37. The molecule has 1 aliphatic rings. The van der Waals surface area contributed by atoms with Crippen molar-refractivity contribution in [1.82, 2.24) is 15.5 Å². The van der Waals surface area contributed by atoms with Gasteiger partial charge in [0.15, 0.2) is 5.96 Å². The van der Waals surface area contributed by atoms with E-state index < -0.39 is 0 Å². The second-order valence-corrected chi connectivity index (χ2v) is 6.90. The fourth-order valence-corrected chi connectivity index (χ4v) is 3.01. The monoisotopic (exact) mass is 444 g/mol. The molecule has 1 saturated heterocycles. The van der Waals surface area contributed by atoms with E-state index in [0.717, 1.165) is 19.0 Å². The maximum Gasteiger partial charge on any atom is 0.191 e. The summed E-state index contributed by atoms with van der Waals surface area (Å²) in [6.07, 6.45) is 2.62. The molecule has 136 valence electrons. The fourth-order valence-electron chi connectivity index (χ4n) is 3.01. The van der Waals surface area contributed by atoms with E-state index in [0.29, 0.717) is 12.0 Å². The molecule has 0 aliphatic carbocycles. The molecule has 0 spiro atoms. The number of halogens is 1. The summed E-state index contributed by atoms with van der Waals surface area (Å²) in [7, 11) is 1.84. The largest absolute Gasteiger partial charge is 0.356 e. The Balaban J connectivity index is 0.00000288. The van der Waals surface area contributed by atoms with E-state index in [-0.39, 0.29) is 24.0 Å². The van der Waals surface area contributed by atoms with E-state index in [1.165, 1.54) is 37.1 Å². The standard InChI is InChI=1S/C19H32N4.HI/c1-15(2)13-21-19(20-4)22-14-18(23-11-5-6-12-23)17-9-7-16(3)8-10-17;/h7-10,15,18H,5-6,11-14H2,1-4H3,(H2,20,21,22);1H. The van der Waals surface area contributed by atoms with Gasteiger partial charge in [-0.1, -0.05) is 43.7 Å². The molecule has 1 aromatic rings. The zero-order chi connectivity index (χ0) is 16.7. The van der Waals surface area contributed by atoms with E-state index >= 15 is 0 Å². The molecule has 1 fully saturated rings. The second-order valence-electron chi connectivity index (χ2n) is 6.90. The Morgan fingerprint density at radius 2 is 1.67 bits per heavy atom. The average Bonchev–Trinajstić information content (AvgIpc) is 3.06. The molecule has 1 aliphatic heterocycles. The summed E-state index contributed by atoms with van der Waals surface area (Å²) in [5, 5.41) is 6.91. The number of aliphatic imine (C=N–C) groups is 1. The van der Waals surface area contributed by atoms with Gasteiger partial charge in [0.2, 0.25) is 0 Å². The van der Waals surface area contributed by atoms with Crippen molar-refractivity contribution >= 4 is 29.9 Å². The van der Waals surface area contributed by atoms with Gasteiger partial charge in [-0.2, -0.15) is 0 Å². The smallest absolute Gasteiger partial charge is 0.191 e. The first-order valence-electron chi connectivity index (χ1n) is 8.85. The molecule has 1 atom stereocenters. The zero-order valence-electron chi connectivity index (χ0n) is 15.5. The number of hydrogen-bond acceptors (Lipinski definition) is 2. The maximum absolute atomic E-state index is 4.34. The normalized spacial score (nSPS) is 16.8. The van der Waals surface area contributed by atoms with Crippen LogP contribution >= 0.6 is 24.0 Å². The van der Waals surface area contributed by atoms with Crippen molar-refractivity contribution in [2.45, 2.75) is 39.7 Å². The Kier molecular flexibility index (Phi) is 9.66. The molecule has 1 unspecified atom stereocenters. The van der Waals surface area contributed by atoms with Gasteiger partial charge in [0.05, 0.1) is 6.04 Å². The van der Waals surface area contributed by atoms with Gasteiger partial charge in [0.1, 0.15) is 0 Å². The van der Waals surface area contributed by atoms with Crippen LogP contribution in [0.5, 0.6) is 0 Å². The Labute approximate surface area is 164 Å². The highest BCUT2D eigenvalue weighted by molar-refractivity contribution is 14.0. The van der Waals surface area contributed by atoms with Gasteiger partial charge in [0.25, 0.3) is 0 Å². The fraction of sp³-hybridized carbons (Fsp3) is 0.632. The molecule has 0 aromatic heterocycles. The van der Waals surface area contributed by atoms with Crippen LogP contribution in [0.15, 0.2) is 29.3 Å². The topological polar surface area (TPSA) is 39.7 Å². The summed E-state index contributed by atoms with van der Waals surface area (Å²) >= 11 is 0. The lowest BCUT2D eigenvalue weighted by atomic mass is 10.0. The molecule has 0 radical (unpaired) electrons. The van der Waals surface area contributed by atoms with Crippen LogP contribution in [-0.2, 0) is 0 Å². The summed E-state index contributed by atoms with van der Waals surface area (Å²) in [5.41, 5.74) is 2.71. The molecule has 24 heavy (non-hydrogen) atoms. The SMILES string of the molecule is CN=C(NCC(C)C)NCC(c1ccc(C)cc1)N1CCCC1.I. The first-order valence-corrected chi connectivity index (χ1v) is 8.85. The van der Waals surface area contributed by atoms with Crippen molar-refractivity contribution < 1.29 is 0 Å². The Morgan fingerprint density at radius 1 is 1.08 bits per heavy atom. The van der Waals surface area contributed by atoms with Crippen LogP contribution in [0.3, 0.4) is 0 Å². The van der Waals surface area contributed by atoms with Gasteiger partial charge < -0.3 is 10.6 Å². The van der Waals surface area contributed by atoms with Gasteiger partial charge in [-0.05, 0) is 44.3 Å². The van der Waals surface area contributed by atoms with Gasteiger partial charge in [0, 0.05) is 20.1 Å². The van der Waals surface area contributed by atoms with Crippen molar-refractivity contribution in [2.75, 3.05) is 33.2 Å². The van der Waals surface area contributed by atoms with Crippen LogP contribution in [0.2, 0.25) is 0 Å². The summed E-state index contributed by atoms with van der Waals surface area (Å²) in [4.78, 5) is 6.93. The first kappa shape index (κ1) is 21.2. The highest BCUT2D eigenvalue weighted by Gasteiger charge is 2.23. The van der Waals surface area contributed by atoms with Gasteiger partial charge in [-0.3, -0.25) is 9.89 Å². The minimum Gasteiger partial charge on any atom is -0.356 e. The number of aryl methyl sites for hydroxylation is 1. The number of nitrogens with zero attached hydrogens (tertiary/aromatic N) is 2. The molecule has 1 heterocycles. The molecule has 0 saturated carbocycles. The van der Waals surface area contributed by atoms with Crippen LogP contribution in [0.4, 0.5) is 0 Å². The number of rotatable bonds is 6. The van der Waals surface area contributed by atoms with E-state index in [4.69, 9.17) is 0 Å². The number of likely N-dealkylation sites (tertiary alicyclic amines) is 1. The lowest BCUT2D eigenvalue weighted by Gasteiger charge is -2.29. The third-order valence-corrected chi connectivity index (χ3v) is 4.41. The molecular weight excluding hydrogens is 411 g/mol. The maximum atomic E-state index is 4.34. The van der Waals surface area contributed by atoms with E-state index in [2.05, 4.69) is 65.6 Å². The molecule has 0 amide bonds. The van der Waals surface area contributed by atoms with Gasteiger partial charge in [-0.25, -0.2) is 0 Å². The molecule has 2 N–H and O–H groups in total. The lowest BCUT2D eigenvalue weighted by molar-refractivity contribution is 0.245. The lowest BCUT2D eigenvalue weighted by Crippen LogP contribution is -2.43. The van der Waals surface area contributed by atoms with Crippen LogP contribution in [0, 0.1) is 12.8 Å². The molecule has 0 bridgehead atoms. The Bertz CT molecular complexity index is 493. The molecule has 5 heteroatoms. The van der Waals surface area contributed by atoms with Crippen molar-refractivity contribution in [3.8, 4) is 0 Å². The highest BCUT2D eigenvalue weighted by Crippen LogP contribution is 2.24. The number of nitrogens with one attached hydrogen (secondary N) is 2. The Morgan fingerprint density at radius 3 is 2.21 bits per heavy atom. The first-order chi connectivity index (χ1) is 11.1. The van der Waals surface area contributed by atoms with Crippen LogP contribution < -0.4 is 10.6 Å². The van der Waals surface area contributed by atoms with Crippen LogP contribution in [-0.4, -0.2) is 44.1 Å². The average molecular weight is 444 g/mol. The summed E-state index contributed by atoms with van der Waals surface area (Å²) in [6.45, 7) is 10.8. The van der Waals surface area contributed by atoms with Crippen molar-refractivity contribution in [2.24, 2.45) is 10.9 Å². The second kappa shape index (κ2) is 10.9. The van der Waals surface area contributed by atoms with E-state index in [9.17, 15) is 0 Å². The van der Waals surface area contributed by atoms with E-state index in [1.807, 2.05) is 7.05 Å². The number of guanidine groups is 1. The molecule has 2 rings (SSSR count). The van der Waals surface area contributed by atoms with Crippen molar-refractivity contribution in [1.29, 1.82) is 0 Å². The summed E-state index contributed by atoms with van der Waals surface area (Å²) < 4.78 is 0. The number of benzene rings is 1. The van der Waals surface area contributed by atoms with Gasteiger partial charge in [-0.15, -0.1) is 24.0 Å². The molecule has 4 nitrogen and oxygen atoms in total. The van der Waals surface area contributed by atoms with Gasteiger partial charge >= 0.3 is 0 Å². The number of hydrogen-bond donors (Lipinski definition) is 2. The van der Waals surface area contributed by atoms with Crippen molar-refractivity contribution in [3.05, 3.63) is 35.4 Å². The minimum atomic E-state index is 0. The van der Waals surface area contributed by atoms with Crippen molar-refractivity contribution in [3.63, 3.8) is 0 Å². The quantitative estimate of drug-likeness (QED) is 0.401. The third-order valence-electron chi connectivity index (χ3n) is 4.41. The highest BCUT2D eigenvalue weighted by atomic mass is 127. The molecular formula is C19H33IN4. The zero-order valence-corrected chi connectivity index (χ0v) is 17.8. The minimum absolute atomic E-state index is 0. The third kappa shape index (κ3) is 6.59. The Hall–Kier alpha value is -0.820. The predicted molar refractivity (Wildman–Crippen MR) is 114 cm³/mol. The predicted octanol–water partition coefficient (Wildman–Crippen LogP) is 3.57. The van der Waals surface area contributed by atoms with E-state index in [1.54, 1.807) is 0 Å². The summed E-state index contributed by atoms with van der Waals surface area (Å²) in [5.74, 6) is 1.51. The molecule has 1 aromatic carbocycles.